The summed E-state index contributed by atoms with van der Waals surface area (Å²) in [4.78, 5) is 10.5. The highest BCUT2D eigenvalue weighted by molar-refractivity contribution is 5.48. The van der Waals surface area contributed by atoms with Crippen molar-refractivity contribution in [2.75, 3.05) is 30.4 Å². The van der Waals surface area contributed by atoms with Crippen LogP contribution in [0.3, 0.4) is 0 Å². The van der Waals surface area contributed by atoms with E-state index in [0.29, 0.717) is 0 Å². The third-order valence-corrected chi connectivity index (χ3v) is 2.52. The van der Waals surface area contributed by atoms with Crippen LogP contribution in [0, 0.1) is 0 Å². The first-order chi connectivity index (χ1) is 8.42. The van der Waals surface area contributed by atoms with Gasteiger partial charge in [-0.3, -0.25) is 0 Å². The number of nitrogens with one attached hydrogen (secondary N) is 1. The average molecular weight is 251 g/mol. The van der Waals surface area contributed by atoms with Crippen LogP contribution in [0.25, 0.3) is 0 Å². The summed E-state index contributed by atoms with van der Waals surface area (Å²) in [5, 5.41) is 3.29. The van der Waals surface area contributed by atoms with Crippen molar-refractivity contribution in [2.24, 2.45) is 5.73 Å². The van der Waals surface area contributed by atoms with E-state index in [1.807, 2.05) is 31.9 Å². The van der Waals surface area contributed by atoms with Crippen LogP contribution in [0.15, 0.2) is 12.4 Å². The van der Waals surface area contributed by atoms with Gasteiger partial charge in [0.2, 0.25) is 0 Å². The number of hydrogen-bond acceptors (Lipinski definition) is 5. The molecule has 0 aliphatic rings. The van der Waals surface area contributed by atoms with E-state index in [4.69, 9.17) is 5.73 Å². The van der Waals surface area contributed by atoms with Crippen molar-refractivity contribution in [1.82, 2.24) is 9.97 Å². The highest BCUT2D eigenvalue weighted by atomic mass is 15.2. The first-order valence-corrected chi connectivity index (χ1v) is 6.48. The second-order valence-electron chi connectivity index (χ2n) is 5.39. The van der Waals surface area contributed by atoms with E-state index in [1.165, 1.54) is 6.42 Å². The van der Waals surface area contributed by atoms with Crippen LogP contribution >= 0.6 is 0 Å². The first kappa shape index (κ1) is 14.7. The second-order valence-corrected chi connectivity index (χ2v) is 5.39. The van der Waals surface area contributed by atoms with E-state index in [2.05, 4.69) is 22.2 Å². The Kier molecular flexibility index (Phi) is 5.34. The summed E-state index contributed by atoms with van der Waals surface area (Å²) in [5.74, 6) is 1.76. The molecular formula is C13H25N5. The molecule has 0 saturated heterocycles. The Bertz CT molecular complexity index is 359. The maximum absolute atomic E-state index is 6.01. The van der Waals surface area contributed by atoms with Gasteiger partial charge in [0.1, 0.15) is 18.0 Å². The number of anilines is 2. The molecule has 0 amide bonds. The minimum absolute atomic E-state index is 0.241. The van der Waals surface area contributed by atoms with Crippen molar-refractivity contribution in [3.05, 3.63) is 12.4 Å². The van der Waals surface area contributed by atoms with Gasteiger partial charge in [0, 0.05) is 31.7 Å². The number of rotatable bonds is 7. The molecule has 0 bridgehead atoms. The molecule has 0 unspecified atom stereocenters. The smallest absolute Gasteiger partial charge is 0.133 e. The minimum Gasteiger partial charge on any atom is -0.370 e. The van der Waals surface area contributed by atoms with Crippen LogP contribution in [0.2, 0.25) is 0 Å². The van der Waals surface area contributed by atoms with Crippen molar-refractivity contribution in [3.63, 3.8) is 0 Å². The average Bonchev–Trinajstić information content (AvgIpc) is 2.27. The number of aromatic nitrogens is 2. The Labute approximate surface area is 110 Å². The summed E-state index contributed by atoms with van der Waals surface area (Å²) >= 11 is 0. The monoisotopic (exact) mass is 251 g/mol. The van der Waals surface area contributed by atoms with Gasteiger partial charge in [-0.25, -0.2) is 9.97 Å². The quantitative estimate of drug-likeness (QED) is 0.724. The summed E-state index contributed by atoms with van der Waals surface area (Å²) in [6.45, 7) is 7.87. The molecule has 0 aliphatic carbocycles. The zero-order chi connectivity index (χ0) is 13.6. The van der Waals surface area contributed by atoms with Crippen LogP contribution in [-0.2, 0) is 0 Å². The fourth-order valence-electron chi connectivity index (χ4n) is 1.74. The first-order valence-electron chi connectivity index (χ1n) is 6.48. The zero-order valence-electron chi connectivity index (χ0n) is 11.9. The van der Waals surface area contributed by atoms with E-state index in [0.717, 1.165) is 31.1 Å². The normalized spacial score (nSPS) is 11.4. The largest absolute Gasteiger partial charge is 0.370 e. The summed E-state index contributed by atoms with van der Waals surface area (Å²) in [5.41, 5.74) is 5.77. The lowest BCUT2D eigenvalue weighted by Crippen LogP contribution is -2.44. The number of nitrogens with zero attached hydrogens (tertiary/aromatic N) is 3. The van der Waals surface area contributed by atoms with Gasteiger partial charge >= 0.3 is 0 Å². The molecule has 3 N–H and O–H groups in total. The van der Waals surface area contributed by atoms with Gasteiger partial charge in [0.05, 0.1) is 0 Å². The summed E-state index contributed by atoms with van der Waals surface area (Å²) < 4.78 is 0. The zero-order valence-corrected chi connectivity index (χ0v) is 11.9. The predicted molar refractivity (Wildman–Crippen MR) is 77.0 cm³/mol. The lowest BCUT2D eigenvalue weighted by atomic mass is 10.1. The van der Waals surface area contributed by atoms with Gasteiger partial charge < -0.3 is 16.0 Å². The molecule has 0 fully saturated rings. The van der Waals surface area contributed by atoms with Crippen LogP contribution in [0.1, 0.15) is 33.6 Å². The van der Waals surface area contributed by atoms with Crippen molar-refractivity contribution >= 4 is 11.6 Å². The van der Waals surface area contributed by atoms with Gasteiger partial charge in [-0.05, 0) is 20.3 Å². The Morgan fingerprint density at radius 2 is 2.11 bits per heavy atom. The molecule has 0 spiro atoms. The SMILES string of the molecule is CCCCNc1cc(N(C)CC(C)(C)N)ncn1. The Morgan fingerprint density at radius 3 is 2.72 bits per heavy atom. The maximum atomic E-state index is 6.01. The molecule has 0 radical (unpaired) electrons. The lowest BCUT2D eigenvalue weighted by Gasteiger charge is -2.27. The molecule has 1 rings (SSSR count). The fourth-order valence-corrected chi connectivity index (χ4v) is 1.74. The van der Waals surface area contributed by atoms with Crippen molar-refractivity contribution < 1.29 is 0 Å². The van der Waals surface area contributed by atoms with Gasteiger partial charge in [-0.2, -0.15) is 0 Å². The molecule has 1 aromatic heterocycles. The van der Waals surface area contributed by atoms with E-state index in [-0.39, 0.29) is 5.54 Å². The van der Waals surface area contributed by atoms with Crippen LogP contribution in [0.4, 0.5) is 11.6 Å². The molecule has 0 aliphatic heterocycles. The van der Waals surface area contributed by atoms with E-state index in [9.17, 15) is 0 Å². The minimum atomic E-state index is -0.241. The molecule has 1 aromatic rings. The van der Waals surface area contributed by atoms with Crippen LogP contribution in [0.5, 0.6) is 0 Å². The summed E-state index contributed by atoms with van der Waals surface area (Å²) in [7, 11) is 1.99. The molecule has 18 heavy (non-hydrogen) atoms. The third kappa shape index (κ3) is 5.31. The maximum Gasteiger partial charge on any atom is 0.133 e. The van der Waals surface area contributed by atoms with E-state index in [1.54, 1.807) is 6.33 Å². The summed E-state index contributed by atoms with van der Waals surface area (Å²) in [6.07, 6.45) is 3.90. The number of nitrogens with two attached hydrogens (primary N) is 1. The van der Waals surface area contributed by atoms with Gasteiger partial charge in [-0.1, -0.05) is 13.3 Å². The van der Waals surface area contributed by atoms with Crippen LogP contribution < -0.4 is 16.0 Å². The predicted octanol–water partition coefficient (Wildman–Crippen LogP) is 1.86. The molecule has 0 aromatic carbocycles. The number of likely N-dealkylation sites (N-methyl/N-ethyl adjacent to an activating group) is 1. The van der Waals surface area contributed by atoms with Gasteiger partial charge in [0.15, 0.2) is 0 Å². The topological polar surface area (TPSA) is 67.1 Å². The molecule has 0 atom stereocenters. The molecule has 5 heteroatoms. The molecule has 5 nitrogen and oxygen atoms in total. The molecule has 102 valence electrons. The van der Waals surface area contributed by atoms with Gasteiger partial charge in [0.25, 0.3) is 0 Å². The highest BCUT2D eigenvalue weighted by Gasteiger charge is 2.15. The fraction of sp³-hybridized carbons (Fsp3) is 0.692. The Balaban J connectivity index is 2.63. The van der Waals surface area contributed by atoms with E-state index >= 15 is 0 Å². The standard InChI is InChI=1S/C13H25N5/c1-5-6-7-15-11-8-12(17-10-16-11)18(4)9-13(2,3)14/h8,10H,5-7,9,14H2,1-4H3,(H,15,16,17). The number of unbranched alkanes of at least 4 members (excludes halogenated alkanes) is 1. The van der Waals surface area contributed by atoms with Crippen molar-refractivity contribution in [3.8, 4) is 0 Å². The van der Waals surface area contributed by atoms with Crippen molar-refractivity contribution in [1.29, 1.82) is 0 Å². The molecule has 0 saturated carbocycles. The molecule has 1 heterocycles. The Morgan fingerprint density at radius 1 is 1.39 bits per heavy atom. The third-order valence-electron chi connectivity index (χ3n) is 2.52. The van der Waals surface area contributed by atoms with Crippen molar-refractivity contribution in [2.45, 2.75) is 39.2 Å². The summed E-state index contributed by atoms with van der Waals surface area (Å²) in [6, 6.07) is 1.96. The van der Waals surface area contributed by atoms with E-state index < -0.39 is 0 Å². The lowest BCUT2D eigenvalue weighted by molar-refractivity contribution is 0.517. The number of hydrogen-bond donors (Lipinski definition) is 2. The Hall–Kier alpha value is -1.36. The van der Waals surface area contributed by atoms with Gasteiger partial charge in [-0.15, -0.1) is 0 Å². The molecular weight excluding hydrogens is 226 g/mol. The second kappa shape index (κ2) is 6.54. The highest BCUT2D eigenvalue weighted by Crippen LogP contribution is 2.14. The van der Waals surface area contributed by atoms with Crippen LogP contribution in [-0.4, -0.2) is 35.6 Å².